The summed E-state index contributed by atoms with van der Waals surface area (Å²) >= 11 is 0. The molecule has 0 spiro atoms. The van der Waals surface area contributed by atoms with E-state index >= 15 is 0 Å². The van der Waals surface area contributed by atoms with Crippen molar-refractivity contribution in [1.82, 2.24) is 10.6 Å². The van der Waals surface area contributed by atoms with Gasteiger partial charge in [-0.2, -0.15) is 0 Å². The Morgan fingerprint density at radius 2 is 1.27 bits per heavy atom. The first-order valence-corrected chi connectivity index (χ1v) is 13.4. The van der Waals surface area contributed by atoms with Crippen LogP contribution < -0.4 is 10.6 Å². The molecular formula is C28H52N2O3. The van der Waals surface area contributed by atoms with E-state index in [9.17, 15) is 14.4 Å². The Hall–Kier alpha value is -1.65. The average Bonchev–Trinajstić information content (AvgIpc) is 2.72. The van der Waals surface area contributed by atoms with Crippen molar-refractivity contribution in [2.75, 3.05) is 6.54 Å². The molecule has 5 nitrogen and oxygen atoms in total. The molecule has 0 saturated heterocycles. The number of carbonyl (C=O) groups excluding carboxylic acids is 3. The third-order valence-corrected chi connectivity index (χ3v) is 5.69. The predicted octanol–water partition coefficient (Wildman–Crippen LogP) is 6.65. The van der Waals surface area contributed by atoms with Gasteiger partial charge in [-0.25, -0.2) is 0 Å². The number of rotatable bonds is 20. The Balaban J connectivity index is 3.75. The van der Waals surface area contributed by atoms with Crippen molar-refractivity contribution < 1.29 is 14.4 Å². The smallest absolute Gasteiger partial charge is 0.220 e. The minimum absolute atomic E-state index is 0.0970. The summed E-state index contributed by atoms with van der Waals surface area (Å²) in [5.41, 5.74) is -0.108. The summed E-state index contributed by atoms with van der Waals surface area (Å²) in [4.78, 5) is 36.0. The molecule has 0 radical (unpaired) electrons. The fourth-order valence-electron chi connectivity index (χ4n) is 3.68. The zero-order valence-corrected chi connectivity index (χ0v) is 22.3. The van der Waals surface area contributed by atoms with E-state index in [1.807, 2.05) is 20.8 Å². The molecule has 0 aliphatic heterocycles. The highest BCUT2D eigenvalue weighted by atomic mass is 16.2. The van der Waals surface area contributed by atoms with Gasteiger partial charge in [0.2, 0.25) is 11.8 Å². The summed E-state index contributed by atoms with van der Waals surface area (Å²) in [7, 11) is 0. The molecule has 0 bridgehead atoms. The van der Waals surface area contributed by atoms with Crippen LogP contribution >= 0.6 is 0 Å². The van der Waals surface area contributed by atoms with Crippen LogP contribution in [0, 0.1) is 5.41 Å². The fraction of sp³-hybridized carbons (Fsp3) is 0.821. The molecule has 192 valence electrons. The number of nitrogens with one attached hydrogen (secondary N) is 2. The van der Waals surface area contributed by atoms with Gasteiger partial charge in [0.25, 0.3) is 0 Å². The van der Waals surface area contributed by atoms with Crippen LogP contribution in [0.25, 0.3) is 0 Å². The molecule has 2 amide bonds. The molecular weight excluding hydrogens is 412 g/mol. The van der Waals surface area contributed by atoms with Crippen molar-refractivity contribution in [3.05, 3.63) is 12.2 Å². The Kier molecular flexibility index (Phi) is 18.8. The lowest BCUT2D eigenvalue weighted by Gasteiger charge is -2.20. The van der Waals surface area contributed by atoms with E-state index in [-0.39, 0.29) is 29.6 Å². The van der Waals surface area contributed by atoms with Gasteiger partial charge in [-0.3, -0.25) is 14.4 Å². The van der Waals surface area contributed by atoms with Crippen molar-refractivity contribution >= 4 is 17.6 Å². The van der Waals surface area contributed by atoms with Crippen molar-refractivity contribution in [1.29, 1.82) is 0 Å². The second-order valence-electron chi connectivity index (χ2n) is 10.6. The van der Waals surface area contributed by atoms with Gasteiger partial charge in [0, 0.05) is 19.4 Å². The summed E-state index contributed by atoms with van der Waals surface area (Å²) in [6.07, 6.45) is 21.4. The number of carbonyl (C=O) groups is 3. The lowest BCUT2D eigenvalue weighted by molar-refractivity contribution is -0.128. The normalized spacial score (nSPS) is 12.6. The molecule has 0 aromatic carbocycles. The largest absolute Gasteiger partial charge is 0.354 e. The SMILES string of the molecule is CCCCCCCCC=CCCCCCCCC(=O)N[C@@H](CNC(=O)CC(C)(C)C)C(C)=O. The lowest BCUT2D eigenvalue weighted by Crippen LogP contribution is -2.48. The Bertz CT molecular complexity index is 564. The number of amides is 2. The summed E-state index contributed by atoms with van der Waals surface area (Å²) < 4.78 is 0. The molecule has 0 heterocycles. The van der Waals surface area contributed by atoms with Crippen molar-refractivity contribution in [2.24, 2.45) is 5.41 Å². The summed E-state index contributed by atoms with van der Waals surface area (Å²) in [6, 6.07) is -0.649. The van der Waals surface area contributed by atoms with Crippen LogP contribution in [0.2, 0.25) is 0 Å². The lowest BCUT2D eigenvalue weighted by atomic mass is 9.92. The zero-order valence-electron chi connectivity index (χ0n) is 22.3. The molecule has 5 heteroatoms. The monoisotopic (exact) mass is 464 g/mol. The maximum absolute atomic E-state index is 12.2. The van der Waals surface area contributed by atoms with Gasteiger partial charge in [-0.1, -0.05) is 91.2 Å². The standard InChI is InChI=1S/C28H52N2O3/c1-6-7-8-9-10-11-12-13-14-15-16-17-18-19-20-21-26(32)30-25(24(2)31)23-29-27(33)22-28(3,4)5/h13-14,25H,6-12,15-23H2,1-5H3,(H,29,33)(H,30,32)/t25-/m0/s1. The maximum atomic E-state index is 12.2. The van der Waals surface area contributed by atoms with Crippen molar-refractivity contribution in [3.8, 4) is 0 Å². The molecule has 0 aromatic rings. The molecule has 2 N–H and O–H groups in total. The summed E-state index contributed by atoms with van der Waals surface area (Å²) in [5.74, 6) is -0.345. The molecule has 0 fully saturated rings. The first-order valence-electron chi connectivity index (χ1n) is 13.4. The minimum Gasteiger partial charge on any atom is -0.354 e. The number of allylic oxidation sites excluding steroid dienone is 2. The minimum atomic E-state index is -0.649. The first-order chi connectivity index (χ1) is 15.7. The number of Topliss-reactive ketones (excluding diaryl/α,β-unsaturated/α-hetero) is 1. The molecule has 0 aliphatic carbocycles. The Labute approximate surface area is 203 Å². The number of hydrogen-bond donors (Lipinski definition) is 2. The van der Waals surface area contributed by atoms with Gasteiger partial charge in [0.15, 0.2) is 5.78 Å². The van der Waals surface area contributed by atoms with E-state index in [1.165, 1.54) is 64.7 Å². The van der Waals surface area contributed by atoms with Gasteiger partial charge in [-0.05, 0) is 44.4 Å². The average molecular weight is 465 g/mol. The van der Waals surface area contributed by atoms with Crippen molar-refractivity contribution in [2.45, 2.75) is 137 Å². The summed E-state index contributed by atoms with van der Waals surface area (Å²) in [5, 5.41) is 5.54. The summed E-state index contributed by atoms with van der Waals surface area (Å²) in [6.45, 7) is 9.83. The molecule has 0 rings (SSSR count). The predicted molar refractivity (Wildman–Crippen MR) is 139 cm³/mol. The molecule has 0 unspecified atom stereocenters. The highest BCUT2D eigenvalue weighted by Gasteiger charge is 2.20. The molecule has 0 aliphatic rings. The van der Waals surface area contributed by atoms with E-state index in [1.54, 1.807) is 0 Å². The van der Waals surface area contributed by atoms with E-state index in [2.05, 4.69) is 29.7 Å². The molecule has 0 saturated carbocycles. The van der Waals surface area contributed by atoms with Crippen LogP contribution in [0.15, 0.2) is 12.2 Å². The topological polar surface area (TPSA) is 75.3 Å². The second kappa shape index (κ2) is 19.8. The van der Waals surface area contributed by atoms with E-state index in [0.29, 0.717) is 12.8 Å². The van der Waals surface area contributed by atoms with Gasteiger partial charge >= 0.3 is 0 Å². The van der Waals surface area contributed by atoms with Crippen LogP contribution in [-0.2, 0) is 14.4 Å². The van der Waals surface area contributed by atoms with Crippen LogP contribution in [0.1, 0.15) is 131 Å². The van der Waals surface area contributed by atoms with Gasteiger partial charge in [0.05, 0.1) is 0 Å². The Morgan fingerprint density at radius 3 is 1.79 bits per heavy atom. The third-order valence-electron chi connectivity index (χ3n) is 5.69. The fourth-order valence-corrected chi connectivity index (χ4v) is 3.68. The van der Waals surface area contributed by atoms with Crippen LogP contribution in [0.5, 0.6) is 0 Å². The highest BCUT2D eigenvalue weighted by molar-refractivity contribution is 5.88. The van der Waals surface area contributed by atoms with E-state index < -0.39 is 6.04 Å². The van der Waals surface area contributed by atoms with Crippen LogP contribution in [-0.4, -0.2) is 30.2 Å². The van der Waals surface area contributed by atoms with E-state index in [4.69, 9.17) is 0 Å². The molecule has 33 heavy (non-hydrogen) atoms. The third kappa shape index (κ3) is 21.9. The Morgan fingerprint density at radius 1 is 0.758 bits per heavy atom. The van der Waals surface area contributed by atoms with Gasteiger partial charge in [0.1, 0.15) is 6.04 Å². The number of unbranched alkanes of at least 4 members (excludes halogenated alkanes) is 11. The van der Waals surface area contributed by atoms with Gasteiger partial charge in [-0.15, -0.1) is 0 Å². The quantitative estimate of drug-likeness (QED) is 0.156. The highest BCUT2D eigenvalue weighted by Crippen LogP contribution is 2.17. The van der Waals surface area contributed by atoms with Crippen LogP contribution in [0.3, 0.4) is 0 Å². The molecule has 0 aromatic heterocycles. The van der Waals surface area contributed by atoms with Crippen LogP contribution in [0.4, 0.5) is 0 Å². The first kappa shape index (κ1) is 31.4. The molecule has 1 atom stereocenters. The maximum Gasteiger partial charge on any atom is 0.220 e. The van der Waals surface area contributed by atoms with Gasteiger partial charge < -0.3 is 10.6 Å². The zero-order chi connectivity index (χ0) is 25.0. The van der Waals surface area contributed by atoms with Crippen molar-refractivity contribution in [3.63, 3.8) is 0 Å². The number of hydrogen-bond acceptors (Lipinski definition) is 3. The van der Waals surface area contributed by atoms with E-state index in [0.717, 1.165) is 25.7 Å². The second-order valence-corrected chi connectivity index (χ2v) is 10.6. The number of ketones is 1.